The normalized spacial score (nSPS) is 16.7. The molecule has 2 aromatic carbocycles. The molecule has 0 spiro atoms. The number of sulfonamides is 1. The monoisotopic (exact) mass is 465 g/mol. The Morgan fingerprint density at radius 2 is 1.72 bits per heavy atom. The molecule has 0 bridgehead atoms. The summed E-state index contributed by atoms with van der Waals surface area (Å²) in [6, 6.07) is 5.65. The molecular formula is C22H25F2N3O4S. The molecule has 0 aliphatic carbocycles. The first-order valence-electron chi connectivity index (χ1n) is 10.1. The van der Waals surface area contributed by atoms with Crippen molar-refractivity contribution in [1.29, 1.82) is 0 Å². The SMILES string of the molecule is Cc1cc(C)c(S(=O)(=O)N2CCCC2CNC(=O)C(=O)Nc2ccc(F)cc2F)c(C)c1. The number of benzene rings is 2. The molecule has 1 aliphatic rings. The minimum absolute atomic E-state index is 0.0681. The number of nitrogens with one attached hydrogen (secondary N) is 2. The van der Waals surface area contributed by atoms with Crippen molar-refractivity contribution in [3.05, 3.63) is 58.7 Å². The van der Waals surface area contributed by atoms with Crippen LogP contribution in [0.1, 0.15) is 29.5 Å². The molecule has 172 valence electrons. The summed E-state index contributed by atoms with van der Waals surface area (Å²) in [6.07, 6.45) is 1.15. The van der Waals surface area contributed by atoms with Crippen LogP contribution < -0.4 is 10.6 Å². The third kappa shape index (κ3) is 4.97. The van der Waals surface area contributed by atoms with E-state index in [2.05, 4.69) is 10.6 Å². The number of rotatable bonds is 5. The van der Waals surface area contributed by atoms with Gasteiger partial charge >= 0.3 is 11.8 Å². The van der Waals surface area contributed by atoms with Gasteiger partial charge in [-0.1, -0.05) is 17.7 Å². The van der Waals surface area contributed by atoms with Crippen molar-refractivity contribution in [2.24, 2.45) is 0 Å². The van der Waals surface area contributed by atoms with Crippen LogP contribution in [0.25, 0.3) is 0 Å². The van der Waals surface area contributed by atoms with Crippen LogP contribution in [0.3, 0.4) is 0 Å². The zero-order chi connectivity index (χ0) is 23.6. The molecular weight excluding hydrogens is 440 g/mol. The maximum absolute atomic E-state index is 13.7. The van der Waals surface area contributed by atoms with Gasteiger partial charge in [-0.05, 0) is 56.9 Å². The lowest BCUT2D eigenvalue weighted by Crippen LogP contribution is -2.45. The summed E-state index contributed by atoms with van der Waals surface area (Å²) in [5, 5.41) is 4.49. The molecule has 1 saturated heterocycles. The van der Waals surface area contributed by atoms with Gasteiger partial charge < -0.3 is 10.6 Å². The smallest absolute Gasteiger partial charge is 0.313 e. The molecule has 2 amide bonds. The first-order valence-corrected chi connectivity index (χ1v) is 11.6. The summed E-state index contributed by atoms with van der Waals surface area (Å²) < 4.78 is 54.7. The fraction of sp³-hybridized carbons (Fsp3) is 0.364. The lowest BCUT2D eigenvalue weighted by Gasteiger charge is -2.26. The van der Waals surface area contributed by atoms with Crippen molar-refractivity contribution in [3.63, 3.8) is 0 Å². The first-order chi connectivity index (χ1) is 15.0. The Kier molecular flexibility index (Phi) is 6.94. The quantitative estimate of drug-likeness (QED) is 0.664. The highest BCUT2D eigenvalue weighted by Gasteiger charge is 2.37. The maximum atomic E-state index is 13.7. The molecule has 1 fully saturated rings. The van der Waals surface area contributed by atoms with E-state index in [1.54, 1.807) is 13.8 Å². The number of amides is 2. The predicted molar refractivity (Wildman–Crippen MR) is 116 cm³/mol. The Morgan fingerprint density at radius 1 is 1.06 bits per heavy atom. The Balaban J connectivity index is 1.68. The lowest BCUT2D eigenvalue weighted by molar-refractivity contribution is -0.136. The van der Waals surface area contributed by atoms with Crippen molar-refractivity contribution >= 4 is 27.5 Å². The van der Waals surface area contributed by atoms with Crippen molar-refractivity contribution < 1.29 is 26.8 Å². The van der Waals surface area contributed by atoms with Crippen LogP contribution in [0.4, 0.5) is 14.5 Å². The molecule has 1 heterocycles. The largest absolute Gasteiger partial charge is 0.346 e. The maximum Gasteiger partial charge on any atom is 0.313 e. The molecule has 1 atom stereocenters. The molecule has 32 heavy (non-hydrogen) atoms. The molecule has 2 N–H and O–H groups in total. The number of halogens is 2. The van der Waals surface area contributed by atoms with Crippen LogP contribution in [-0.4, -0.2) is 43.7 Å². The second-order valence-electron chi connectivity index (χ2n) is 7.93. The van der Waals surface area contributed by atoms with Gasteiger partial charge in [0, 0.05) is 25.2 Å². The highest BCUT2D eigenvalue weighted by molar-refractivity contribution is 7.89. The average Bonchev–Trinajstić information content (AvgIpc) is 3.16. The van der Waals surface area contributed by atoms with E-state index in [0.29, 0.717) is 36.6 Å². The minimum Gasteiger partial charge on any atom is -0.346 e. The Morgan fingerprint density at radius 3 is 2.34 bits per heavy atom. The van der Waals surface area contributed by atoms with Gasteiger partial charge in [0.25, 0.3) is 0 Å². The van der Waals surface area contributed by atoms with Gasteiger partial charge in [0.2, 0.25) is 10.0 Å². The summed E-state index contributed by atoms with van der Waals surface area (Å²) in [5.74, 6) is -4.00. The van der Waals surface area contributed by atoms with Gasteiger partial charge in [0.1, 0.15) is 11.6 Å². The number of aryl methyl sites for hydroxylation is 3. The number of carbonyl (C=O) groups excluding carboxylic acids is 2. The van der Waals surface area contributed by atoms with Crippen molar-refractivity contribution in [3.8, 4) is 0 Å². The second kappa shape index (κ2) is 9.33. The number of hydrogen-bond donors (Lipinski definition) is 2. The fourth-order valence-electron chi connectivity index (χ4n) is 4.08. The minimum atomic E-state index is -3.80. The lowest BCUT2D eigenvalue weighted by atomic mass is 10.1. The Labute approximate surface area is 185 Å². The molecule has 2 aromatic rings. The van der Waals surface area contributed by atoms with E-state index < -0.39 is 39.5 Å². The number of hydrogen-bond acceptors (Lipinski definition) is 4. The van der Waals surface area contributed by atoms with Gasteiger partial charge in [-0.3, -0.25) is 9.59 Å². The van der Waals surface area contributed by atoms with Gasteiger partial charge in [-0.2, -0.15) is 4.31 Å². The molecule has 0 radical (unpaired) electrons. The first kappa shape index (κ1) is 23.8. The highest BCUT2D eigenvalue weighted by Crippen LogP contribution is 2.30. The zero-order valence-electron chi connectivity index (χ0n) is 18.0. The summed E-state index contributed by atoms with van der Waals surface area (Å²) in [4.78, 5) is 24.5. The van der Waals surface area contributed by atoms with Crippen LogP contribution in [0.5, 0.6) is 0 Å². The van der Waals surface area contributed by atoms with Crippen LogP contribution >= 0.6 is 0 Å². The number of nitrogens with zero attached hydrogens (tertiary/aromatic N) is 1. The number of carbonyl (C=O) groups is 2. The van der Waals surface area contributed by atoms with Gasteiger partial charge in [0.15, 0.2) is 0 Å². The second-order valence-corrected chi connectivity index (χ2v) is 9.76. The van der Waals surface area contributed by atoms with Crippen molar-refractivity contribution in [2.45, 2.75) is 44.6 Å². The molecule has 0 saturated carbocycles. The standard InChI is InChI=1S/C22H25F2N3O4S/c1-13-9-14(2)20(15(3)10-13)32(30,31)27-8-4-5-17(27)12-25-21(28)22(29)26-19-7-6-16(23)11-18(19)24/h6-7,9-11,17H,4-5,8,12H2,1-3H3,(H,25,28)(H,26,29). The highest BCUT2D eigenvalue weighted by atomic mass is 32.2. The molecule has 3 rings (SSSR count). The summed E-state index contributed by atoms with van der Waals surface area (Å²) in [6.45, 7) is 5.63. The van der Waals surface area contributed by atoms with Crippen LogP contribution in [-0.2, 0) is 19.6 Å². The Hall–Kier alpha value is -2.85. The topological polar surface area (TPSA) is 95.6 Å². The van der Waals surface area contributed by atoms with Crippen LogP contribution in [0.15, 0.2) is 35.2 Å². The molecule has 0 aromatic heterocycles. The van der Waals surface area contributed by atoms with E-state index in [-0.39, 0.29) is 17.1 Å². The summed E-state index contributed by atoms with van der Waals surface area (Å²) in [5.41, 5.74) is 1.94. The summed E-state index contributed by atoms with van der Waals surface area (Å²) in [7, 11) is -3.80. The van der Waals surface area contributed by atoms with Crippen molar-refractivity contribution in [1.82, 2.24) is 9.62 Å². The van der Waals surface area contributed by atoms with E-state index in [1.807, 2.05) is 19.1 Å². The molecule has 7 nitrogen and oxygen atoms in total. The van der Waals surface area contributed by atoms with E-state index >= 15 is 0 Å². The van der Waals surface area contributed by atoms with E-state index in [0.717, 1.165) is 17.7 Å². The van der Waals surface area contributed by atoms with Gasteiger partial charge in [-0.25, -0.2) is 17.2 Å². The van der Waals surface area contributed by atoms with E-state index in [1.165, 1.54) is 4.31 Å². The Bertz CT molecular complexity index is 1140. The molecule has 10 heteroatoms. The van der Waals surface area contributed by atoms with E-state index in [9.17, 15) is 26.8 Å². The third-order valence-electron chi connectivity index (χ3n) is 5.38. The number of anilines is 1. The predicted octanol–water partition coefficient (Wildman–Crippen LogP) is 2.80. The van der Waals surface area contributed by atoms with Gasteiger partial charge in [-0.15, -0.1) is 0 Å². The fourth-order valence-corrected chi connectivity index (χ4v) is 6.19. The van der Waals surface area contributed by atoms with Crippen LogP contribution in [0, 0.1) is 32.4 Å². The van der Waals surface area contributed by atoms with E-state index in [4.69, 9.17) is 0 Å². The van der Waals surface area contributed by atoms with Crippen molar-refractivity contribution in [2.75, 3.05) is 18.4 Å². The third-order valence-corrected chi connectivity index (χ3v) is 7.64. The molecule has 1 aliphatic heterocycles. The molecule has 1 unspecified atom stereocenters. The average molecular weight is 466 g/mol. The summed E-state index contributed by atoms with van der Waals surface area (Å²) >= 11 is 0. The van der Waals surface area contributed by atoms with Gasteiger partial charge in [0.05, 0.1) is 10.6 Å². The zero-order valence-corrected chi connectivity index (χ0v) is 18.9. The van der Waals surface area contributed by atoms with Crippen LogP contribution in [0.2, 0.25) is 0 Å².